The molecule has 1 aliphatic heterocycles. The standard InChI is InChI=1S/C12H22N2O2/c13-10-3-1-9(2-4-10)12(16)14-7-5-11(15)6-8-14/h9-11,15H,1-8,13H2. The van der Waals surface area contributed by atoms with Gasteiger partial charge in [-0.3, -0.25) is 4.79 Å². The summed E-state index contributed by atoms with van der Waals surface area (Å²) in [4.78, 5) is 14.1. The number of piperidine rings is 1. The topological polar surface area (TPSA) is 66.6 Å². The van der Waals surface area contributed by atoms with Crippen molar-refractivity contribution in [2.75, 3.05) is 13.1 Å². The Morgan fingerprint density at radius 2 is 1.62 bits per heavy atom. The van der Waals surface area contributed by atoms with Crippen molar-refractivity contribution in [3.05, 3.63) is 0 Å². The van der Waals surface area contributed by atoms with E-state index in [4.69, 9.17) is 5.73 Å². The van der Waals surface area contributed by atoms with Gasteiger partial charge in [0.25, 0.3) is 0 Å². The summed E-state index contributed by atoms with van der Waals surface area (Å²) in [5, 5.41) is 9.40. The van der Waals surface area contributed by atoms with Gasteiger partial charge in [0.05, 0.1) is 6.10 Å². The van der Waals surface area contributed by atoms with Crippen LogP contribution >= 0.6 is 0 Å². The van der Waals surface area contributed by atoms with Gasteiger partial charge in [-0.05, 0) is 38.5 Å². The molecule has 2 fully saturated rings. The lowest BCUT2D eigenvalue weighted by molar-refractivity contribution is -0.138. The summed E-state index contributed by atoms with van der Waals surface area (Å²) in [5.41, 5.74) is 5.84. The average molecular weight is 226 g/mol. The van der Waals surface area contributed by atoms with Gasteiger partial charge in [0, 0.05) is 25.0 Å². The van der Waals surface area contributed by atoms with Crippen LogP contribution in [0.3, 0.4) is 0 Å². The molecule has 4 heteroatoms. The smallest absolute Gasteiger partial charge is 0.225 e. The second kappa shape index (κ2) is 5.15. The molecule has 1 saturated carbocycles. The summed E-state index contributed by atoms with van der Waals surface area (Å²) >= 11 is 0. The van der Waals surface area contributed by atoms with Crippen LogP contribution in [0.4, 0.5) is 0 Å². The van der Waals surface area contributed by atoms with Crippen molar-refractivity contribution in [1.82, 2.24) is 4.90 Å². The fraction of sp³-hybridized carbons (Fsp3) is 0.917. The fourth-order valence-electron chi connectivity index (χ4n) is 2.71. The Labute approximate surface area is 96.8 Å². The van der Waals surface area contributed by atoms with Crippen LogP contribution in [0.25, 0.3) is 0 Å². The van der Waals surface area contributed by atoms with Crippen LogP contribution in [0, 0.1) is 5.92 Å². The van der Waals surface area contributed by atoms with Crippen molar-refractivity contribution < 1.29 is 9.90 Å². The molecule has 0 radical (unpaired) electrons. The molecule has 0 unspecified atom stereocenters. The first-order chi connectivity index (χ1) is 7.66. The molecule has 2 rings (SSSR count). The summed E-state index contributed by atoms with van der Waals surface area (Å²) in [5.74, 6) is 0.480. The minimum absolute atomic E-state index is 0.190. The molecule has 1 amide bonds. The van der Waals surface area contributed by atoms with Crippen LogP contribution in [0.15, 0.2) is 0 Å². The van der Waals surface area contributed by atoms with Crippen molar-refractivity contribution in [2.24, 2.45) is 11.7 Å². The van der Waals surface area contributed by atoms with Crippen molar-refractivity contribution in [3.8, 4) is 0 Å². The number of nitrogens with zero attached hydrogens (tertiary/aromatic N) is 1. The third-order valence-electron chi connectivity index (χ3n) is 3.90. The van der Waals surface area contributed by atoms with Gasteiger partial charge >= 0.3 is 0 Å². The highest BCUT2D eigenvalue weighted by atomic mass is 16.3. The van der Waals surface area contributed by atoms with E-state index in [9.17, 15) is 9.90 Å². The van der Waals surface area contributed by atoms with E-state index in [-0.39, 0.29) is 12.0 Å². The molecular formula is C12H22N2O2. The number of carbonyl (C=O) groups excluding carboxylic acids is 1. The second-order valence-electron chi connectivity index (χ2n) is 5.17. The Hall–Kier alpha value is -0.610. The van der Waals surface area contributed by atoms with Crippen molar-refractivity contribution >= 4 is 5.91 Å². The highest BCUT2D eigenvalue weighted by molar-refractivity contribution is 5.79. The number of aliphatic hydroxyl groups excluding tert-OH is 1. The third kappa shape index (κ3) is 2.74. The zero-order valence-corrected chi connectivity index (χ0v) is 9.77. The number of hydrogen-bond acceptors (Lipinski definition) is 3. The van der Waals surface area contributed by atoms with Gasteiger partial charge in [-0.15, -0.1) is 0 Å². The summed E-state index contributed by atoms with van der Waals surface area (Å²) in [6.07, 6.45) is 5.11. The van der Waals surface area contributed by atoms with E-state index in [2.05, 4.69) is 0 Å². The van der Waals surface area contributed by atoms with Crippen LogP contribution in [0.1, 0.15) is 38.5 Å². The summed E-state index contributed by atoms with van der Waals surface area (Å²) in [6, 6.07) is 0.298. The van der Waals surface area contributed by atoms with Gasteiger partial charge in [0.15, 0.2) is 0 Å². The average Bonchev–Trinajstić information content (AvgIpc) is 2.30. The van der Waals surface area contributed by atoms with Gasteiger partial charge in [-0.2, -0.15) is 0 Å². The number of aliphatic hydroxyl groups is 1. The van der Waals surface area contributed by atoms with Crippen molar-refractivity contribution in [2.45, 2.75) is 50.7 Å². The van der Waals surface area contributed by atoms with E-state index < -0.39 is 0 Å². The Bertz CT molecular complexity index is 217. The van der Waals surface area contributed by atoms with Gasteiger partial charge in [0.1, 0.15) is 0 Å². The molecular weight excluding hydrogens is 204 g/mol. The van der Waals surface area contributed by atoms with Crippen LogP contribution in [-0.4, -0.2) is 41.1 Å². The Balaban J connectivity index is 1.83. The first-order valence-corrected chi connectivity index (χ1v) is 6.39. The number of nitrogens with two attached hydrogens (primary N) is 1. The van der Waals surface area contributed by atoms with E-state index >= 15 is 0 Å². The zero-order chi connectivity index (χ0) is 11.5. The number of rotatable bonds is 1. The van der Waals surface area contributed by atoms with Crippen LogP contribution < -0.4 is 5.73 Å². The Kier molecular flexibility index (Phi) is 3.82. The molecule has 0 bridgehead atoms. The monoisotopic (exact) mass is 226 g/mol. The number of likely N-dealkylation sites (tertiary alicyclic amines) is 1. The molecule has 0 spiro atoms. The minimum Gasteiger partial charge on any atom is -0.393 e. The van der Waals surface area contributed by atoms with Crippen molar-refractivity contribution in [1.29, 1.82) is 0 Å². The molecule has 1 heterocycles. The lowest BCUT2D eigenvalue weighted by Gasteiger charge is -2.34. The van der Waals surface area contributed by atoms with E-state index in [0.29, 0.717) is 11.9 Å². The van der Waals surface area contributed by atoms with Crippen LogP contribution in [0.2, 0.25) is 0 Å². The molecule has 0 aromatic carbocycles. The predicted molar refractivity (Wildman–Crippen MR) is 61.8 cm³/mol. The number of amides is 1. The predicted octanol–water partition coefficient (Wildman–Crippen LogP) is 0.487. The highest BCUT2D eigenvalue weighted by Gasteiger charge is 2.30. The lowest BCUT2D eigenvalue weighted by Crippen LogP contribution is -2.44. The lowest BCUT2D eigenvalue weighted by atomic mass is 9.85. The largest absolute Gasteiger partial charge is 0.393 e. The first kappa shape index (κ1) is 11.9. The molecule has 4 nitrogen and oxygen atoms in total. The molecule has 0 aromatic rings. The van der Waals surface area contributed by atoms with E-state index in [1.165, 1.54) is 0 Å². The quantitative estimate of drug-likeness (QED) is 0.683. The Morgan fingerprint density at radius 1 is 1.06 bits per heavy atom. The molecule has 2 aliphatic rings. The number of carbonyl (C=O) groups is 1. The van der Waals surface area contributed by atoms with Gasteiger partial charge in [-0.1, -0.05) is 0 Å². The zero-order valence-electron chi connectivity index (χ0n) is 9.77. The number of hydrogen-bond donors (Lipinski definition) is 2. The maximum atomic E-state index is 12.2. The first-order valence-electron chi connectivity index (χ1n) is 6.39. The van der Waals surface area contributed by atoms with E-state index in [1.54, 1.807) is 0 Å². The normalized spacial score (nSPS) is 32.8. The van der Waals surface area contributed by atoms with Crippen LogP contribution in [0.5, 0.6) is 0 Å². The van der Waals surface area contributed by atoms with Crippen LogP contribution in [-0.2, 0) is 4.79 Å². The second-order valence-corrected chi connectivity index (χ2v) is 5.17. The maximum Gasteiger partial charge on any atom is 0.225 e. The van der Waals surface area contributed by atoms with Gasteiger partial charge in [-0.25, -0.2) is 0 Å². The third-order valence-corrected chi connectivity index (χ3v) is 3.90. The molecule has 0 atom stereocenters. The van der Waals surface area contributed by atoms with Gasteiger partial charge < -0.3 is 15.7 Å². The maximum absolute atomic E-state index is 12.2. The molecule has 3 N–H and O–H groups in total. The van der Waals surface area contributed by atoms with E-state index in [0.717, 1.165) is 51.6 Å². The molecule has 0 aromatic heterocycles. The van der Waals surface area contributed by atoms with Crippen molar-refractivity contribution in [3.63, 3.8) is 0 Å². The fourth-order valence-corrected chi connectivity index (χ4v) is 2.71. The summed E-state index contributed by atoms with van der Waals surface area (Å²) < 4.78 is 0. The Morgan fingerprint density at radius 3 is 2.19 bits per heavy atom. The SMILES string of the molecule is NC1CCC(C(=O)N2CCC(O)CC2)CC1. The highest BCUT2D eigenvalue weighted by Crippen LogP contribution is 2.26. The summed E-state index contributed by atoms with van der Waals surface area (Å²) in [6.45, 7) is 1.45. The minimum atomic E-state index is -0.205. The van der Waals surface area contributed by atoms with E-state index in [1.807, 2.05) is 4.90 Å². The summed E-state index contributed by atoms with van der Waals surface area (Å²) in [7, 11) is 0. The molecule has 1 saturated heterocycles. The molecule has 92 valence electrons. The van der Waals surface area contributed by atoms with Gasteiger partial charge in [0.2, 0.25) is 5.91 Å². The molecule has 16 heavy (non-hydrogen) atoms. The molecule has 1 aliphatic carbocycles.